The number of amides is 2. The highest BCUT2D eigenvalue weighted by Gasteiger charge is 2.47. The van der Waals surface area contributed by atoms with Gasteiger partial charge in [-0.05, 0) is 18.9 Å². The quantitative estimate of drug-likeness (QED) is 0.634. The molecule has 112 valence electrons. The molecule has 1 saturated heterocycles. The Morgan fingerprint density at radius 1 is 1.18 bits per heavy atom. The van der Waals surface area contributed by atoms with Gasteiger partial charge in [-0.1, -0.05) is 17.3 Å². The summed E-state index contributed by atoms with van der Waals surface area (Å²) in [6.07, 6.45) is 8.16. The highest BCUT2D eigenvalue weighted by molar-refractivity contribution is 6.05. The van der Waals surface area contributed by atoms with Crippen molar-refractivity contribution in [2.75, 3.05) is 0 Å². The van der Waals surface area contributed by atoms with Gasteiger partial charge in [0.2, 0.25) is 11.8 Å². The first-order chi connectivity index (χ1) is 10.7. The molecule has 2 amide bonds. The topological polar surface area (TPSA) is 89.4 Å². The molecule has 1 aliphatic heterocycles. The Hall–Kier alpha value is -2.70. The molecule has 0 bridgehead atoms. The number of hydrogen-bond acceptors (Lipinski definition) is 6. The fourth-order valence-corrected chi connectivity index (χ4v) is 2.99. The molecule has 1 aliphatic carbocycles. The summed E-state index contributed by atoms with van der Waals surface area (Å²) in [6, 6.07) is 1.70. The first kappa shape index (κ1) is 13.0. The molecule has 0 saturated carbocycles. The van der Waals surface area contributed by atoms with Crippen LogP contribution in [0.25, 0.3) is 11.5 Å². The Kier molecular flexibility index (Phi) is 2.92. The zero-order valence-electron chi connectivity index (χ0n) is 11.6. The number of fused-ring (bicyclic) bond motifs is 1. The van der Waals surface area contributed by atoms with Crippen molar-refractivity contribution in [3.63, 3.8) is 0 Å². The Bertz CT molecular complexity index is 721. The molecule has 0 spiro atoms. The standard InChI is InChI=1S/C15H13N3O4/c19-14-10-3-1-2-4-11(10)15(20)18(14)7-12-16-13(22-17-12)9-5-6-21-8-9/h1-2,5-6,8,10-11H,3-4,7H2/t10-,11-/m1/s1. The summed E-state index contributed by atoms with van der Waals surface area (Å²) in [5, 5.41) is 3.83. The zero-order valence-corrected chi connectivity index (χ0v) is 11.6. The number of nitrogens with zero attached hydrogens (tertiary/aromatic N) is 3. The number of imide groups is 1. The van der Waals surface area contributed by atoms with Crippen LogP contribution in [0.4, 0.5) is 0 Å². The summed E-state index contributed by atoms with van der Waals surface area (Å²) in [7, 11) is 0. The van der Waals surface area contributed by atoms with Crippen LogP contribution >= 0.6 is 0 Å². The maximum atomic E-state index is 12.4. The van der Waals surface area contributed by atoms with Gasteiger partial charge in [-0.2, -0.15) is 4.98 Å². The average molecular weight is 299 g/mol. The second kappa shape index (κ2) is 4.94. The Morgan fingerprint density at radius 3 is 2.55 bits per heavy atom. The molecule has 2 aromatic heterocycles. The van der Waals surface area contributed by atoms with Crippen LogP contribution in [0.5, 0.6) is 0 Å². The van der Waals surface area contributed by atoms with Gasteiger partial charge in [0.25, 0.3) is 5.89 Å². The van der Waals surface area contributed by atoms with E-state index in [0.717, 1.165) is 0 Å². The van der Waals surface area contributed by atoms with E-state index in [1.807, 2.05) is 12.2 Å². The number of carbonyl (C=O) groups is 2. The molecule has 2 aromatic rings. The van der Waals surface area contributed by atoms with E-state index >= 15 is 0 Å². The zero-order chi connectivity index (χ0) is 15.1. The number of rotatable bonds is 3. The molecule has 3 heterocycles. The number of furan rings is 1. The van der Waals surface area contributed by atoms with Crippen molar-refractivity contribution in [2.24, 2.45) is 11.8 Å². The molecule has 2 atom stereocenters. The molecule has 7 heteroatoms. The van der Waals surface area contributed by atoms with Gasteiger partial charge < -0.3 is 8.94 Å². The second-order valence-corrected chi connectivity index (χ2v) is 5.45. The van der Waals surface area contributed by atoms with Gasteiger partial charge in [0.15, 0.2) is 5.82 Å². The van der Waals surface area contributed by atoms with E-state index in [1.165, 1.54) is 17.4 Å². The van der Waals surface area contributed by atoms with Crippen LogP contribution in [0.15, 0.2) is 39.7 Å². The van der Waals surface area contributed by atoms with E-state index in [0.29, 0.717) is 30.1 Å². The largest absolute Gasteiger partial charge is 0.472 e. The summed E-state index contributed by atoms with van der Waals surface area (Å²) in [6.45, 7) is 0.0476. The van der Waals surface area contributed by atoms with Crippen LogP contribution in [0, 0.1) is 11.8 Å². The molecule has 0 unspecified atom stereocenters. The van der Waals surface area contributed by atoms with Gasteiger partial charge >= 0.3 is 0 Å². The Labute approximate surface area is 125 Å². The van der Waals surface area contributed by atoms with Crippen molar-refractivity contribution >= 4 is 11.8 Å². The summed E-state index contributed by atoms with van der Waals surface area (Å²) in [5.74, 6) is -0.148. The summed E-state index contributed by atoms with van der Waals surface area (Å²) in [4.78, 5) is 30.2. The third kappa shape index (κ3) is 1.97. The van der Waals surface area contributed by atoms with Gasteiger partial charge in [0.05, 0.1) is 30.2 Å². The fourth-order valence-electron chi connectivity index (χ4n) is 2.99. The molecule has 4 rings (SSSR count). The predicted molar refractivity (Wildman–Crippen MR) is 72.9 cm³/mol. The number of allylic oxidation sites excluding steroid dienone is 2. The van der Waals surface area contributed by atoms with E-state index in [1.54, 1.807) is 6.07 Å². The summed E-state index contributed by atoms with van der Waals surface area (Å²) < 4.78 is 10.1. The van der Waals surface area contributed by atoms with Crippen LogP contribution in [0.1, 0.15) is 18.7 Å². The Morgan fingerprint density at radius 2 is 1.91 bits per heavy atom. The van der Waals surface area contributed by atoms with Gasteiger partial charge in [-0.3, -0.25) is 14.5 Å². The summed E-state index contributed by atoms with van der Waals surface area (Å²) >= 11 is 0. The van der Waals surface area contributed by atoms with Crippen LogP contribution in [-0.4, -0.2) is 26.9 Å². The summed E-state index contributed by atoms with van der Waals surface area (Å²) in [5.41, 5.74) is 0.663. The molecular weight excluding hydrogens is 286 g/mol. The molecule has 0 radical (unpaired) electrons. The third-order valence-corrected chi connectivity index (χ3v) is 4.13. The first-order valence-electron chi connectivity index (χ1n) is 7.09. The molecule has 7 nitrogen and oxygen atoms in total. The van der Waals surface area contributed by atoms with Crippen LogP contribution < -0.4 is 0 Å². The van der Waals surface area contributed by atoms with Gasteiger partial charge in [-0.15, -0.1) is 0 Å². The smallest absolute Gasteiger partial charge is 0.261 e. The molecular formula is C15H13N3O4. The number of carbonyl (C=O) groups excluding carboxylic acids is 2. The van der Waals surface area contributed by atoms with E-state index in [9.17, 15) is 9.59 Å². The first-order valence-corrected chi connectivity index (χ1v) is 7.09. The predicted octanol–water partition coefficient (Wildman–Crippen LogP) is 1.78. The second-order valence-electron chi connectivity index (χ2n) is 5.45. The van der Waals surface area contributed by atoms with Crippen molar-refractivity contribution in [3.8, 4) is 11.5 Å². The van der Waals surface area contributed by atoms with Gasteiger partial charge in [-0.25, -0.2) is 0 Å². The molecule has 0 N–H and O–H groups in total. The van der Waals surface area contributed by atoms with Crippen molar-refractivity contribution in [2.45, 2.75) is 19.4 Å². The maximum Gasteiger partial charge on any atom is 0.261 e. The van der Waals surface area contributed by atoms with Gasteiger partial charge in [0, 0.05) is 0 Å². The van der Waals surface area contributed by atoms with Crippen molar-refractivity contribution in [1.29, 1.82) is 0 Å². The lowest BCUT2D eigenvalue weighted by Gasteiger charge is -2.14. The number of likely N-dealkylation sites (tertiary alicyclic amines) is 1. The average Bonchev–Trinajstić information content (AvgIpc) is 3.25. The van der Waals surface area contributed by atoms with E-state index in [2.05, 4.69) is 10.1 Å². The fraction of sp³-hybridized carbons (Fsp3) is 0.333. The molecule has 22 heavy (non-hydrogen) atoms. The number of aromatic nitrogens is 2. The van der Waals surface area contributed by atoms with Crippen LogP contribution in [0.2, 0.25) is 0 Å². The normalized spacial score (nSPS) is 24.1. The SMILES string of the molecule is O=C1[C@@H]2CC=CC[C@H]2C(=O)N1Cc1noc(-c2ccoc2)n1. The van der Waals surface area contributed by atoms with E-state index < -0.39 is 0 Å². The number of hydrogen-bond donors (Lipinski definition) is 0. The highest BCUT2D eigenvalue weighted by atomic mass is 16.5. The van der Waals surface area contributed by atoms with Crippen molar-refractivity contribution < 1.29 is 18.5 Å². The molecule has 2 aliphatic rings. The monoisotopic (exact) mass is 299 g/mol. The lowest BCUT2D eigenvalue weighted by molar-refractivity contribution is -0.140. The minimum atomic E-state index is -0.238. The minimum Gasteiger partial charge on any atom is -0.472 e. The van der Waals surface area contributed by atoms with Crippen LogP contribution in [-0.2, 0) is 16.1 Å². The third-order valence-electron chi connectivity index (χ3n) is 4.13. The molecule has 0 aromatic carbocycles. The maximum absolute atomic E-state index is 12.4. The van der Waals surface area contributed by atoms with Crippen LogP contribution in [0.3, 0.4) is 0 Å². The molecule has 1 fully saturated rings. The highest BCUT2D eigenvalue weighted by Crippen LogP contribution is 2.35. The Balaban J connectivity index is 1.54. The van der Waals surface area contributed by atoms with Gasteiger partial charge in [0.1, 0.15) is 6.26 Å². The minimum absolute atomic E-state index is 0.0476. The van der Waals surface area contributed by atoms with E-state index in [4.69, 9.17) is 8.94 Å². The lowest BCUT2D eigenvalue weighted by Crippen LogP contribution is -2.31. The van der Waals surface area contributed by atoms with Crippen molar-refractivity contribution in [1.82, 2.24) is 15.0 Å². The lowest BCUT2D eigenvalue weighted by atomic mass is 9.85. The van der Waals surface area contributed by atoms with E-state index in [-0.39, 0.29) is 30.2 Å². The van der Waals surface area contributed by atoms with Crippen molar-refractivity contribution in [3.05, 3.63) is 36.6 Å².